The van der Waals surface area contributed by atoms with Gasteiger partial charge in [-0.15, -0.1) is 0 Å². The second-order valence-corrected chi connectivity index (χ2v) is 8.80. The predicted molar refractivity (Wildman–Crippen MR) is 99.4 cm³/mol. The lowest BCUT2D eigenvalue weighted by Gasteiger charge is -2.44. The molecule has 0 saturated carbocycles. The Morgan fingerprint density at radius 1 is 1.39 bits per heavy atom. The number of hydrogen-bond donors (Lipinski definition) is 1. The standard InChI is InChI=1S/C21H20F3N3O4/c1-19-8-13(16(28)26-2)20(31-19)5-6-30-18-15(20)14(19)17(29)27(18)11-4-3-10(9-25)12(7-11)21(22,23)24/h3-4,7,13-15,18H,5-6,8H2,1-2H3,(H,26,28)/t13-,14-,15+,18+,19-,20+/m1/s1. The molecule has 0 aliphatic carbocycles. The summed E-state index contributed by atoms with van der Waals surface area (Å²) < 4.78 is 52.8. The van der Waals surface area contributed by atoms with E-state index in [9.17, 15) is 22.8 Å². The first kappa shape index (κ1) is 20.3. The van der Waals surface area contributed by atoms with E-state index in [1.807, 2.05) is 0 Å². The van der Waals surface area contributed by atoms with E-state index in [4.69, 9.17) is 14.7 Å². The Labute approximate surface area is 176 Å². The zero-order valence-corrected chi connectivity index (χ0v) is 16.8. The van der Waals surface area contributed by atoms with Gasteiger partial charge in [-0.05, 0) is 31.5 Å². The molecule has 2 bridgehead atoms. The van der Waals surface area contributed by atoms with Gasteiger partial charge in [-0.3, -0.25) is 14.5 Å². The number of anilines is 1. The lowest BCUT2D eigenvalue weighted by atomic mass is 9.61. The third kappa shape index (κ3) is 2.47. The highest BCUT2D eigenvalue weighted by molar-refractivity contribution is 6.00. The normalized spacial score (nSPS) is 38.2. The Kier molecular flexibility index (Phi) is 4.06. The number of carbonyl (C=O) groups excluding carboxylic acids is 2. The average Bonchev–Trinajstić information content (AvgIpc) is 3.30. The lowest BCUT2D eigenvalue weighted by molar-refractivity contribution is -0.159. The van der Waals surface area contributed by atoms with E-state index in [0.29, 0.717) is 12.8 Å². The number of nitriles is 1. The van der Waals surface area contributed by atoms with Gasteiger partial charge < -0.3 is 14.8 Å². The molecule has 1 N–H and O–H groups in total. The number of nitrogens with zero attached hydrogens (tertiary/aromatic N) is 2. The van der Waals surface area contributed by atoms with Crippen molar-refractivity contribution in [3.63, 3.8) is 0 Å². The Balaban J connectivity index is 1.61. The minimum Gasteiger partial charge on any atom is -0.367 e. The van der Waals surface area contributed by atoms with Crippen molar-refractivity contribution >= 4 is 17.5 Å². The molecule has 0 aromatic heterocycles. The fourth-order valence-corrected chi connectivity index (χ4v) is 6.22. The topological polar surface area (TPSA) is 91.7 Å². The Bertz CT molecular complexity index is 1040. The van der Waals surface area contributed by atoms with Crippen LogP contribution >= 0.6 is 0 Å². The van der Waals surface area contributed by atoms with Crippen LogP contribution in [0.3, 0.4) is 0 Å². The Morgan fingerprint density at radius 2 is 2.13 bits per heavy atom. The smallest absolute Gasteiger partial charge is 0.367 e. The van der Waals surface area contributed by atoms with Crippen molar-refractivity contribution in [3.8, 4) is 6.07 Å². The van der Waals surface area contributed by atoms with Crippen LogP contribution in [0.5, 0.6) is 0 Å². The molecule has 31 heavy (non-hydrogen) atoms. The zero-order chi connectivity index (χ0) is 22.3. The molecule has 0 unspecified atom stereocenters. The summed E-state index contributed by atoms with van der Waals surface area (Å²) in [5, 5.41) is 11.7. The molecule has 4 aliphatic rings. The molecule has 6 atom stereocenters. The molecule has 4 fully saturated rings. The maximum absolute atomic E-state index is 13.5. The van der Waals surface area contributed by atoms with Gasteiger partial charge in [0.15, 0.2) is 0 Å². The van der Waals surface area contributed by atoms with E-state index < -0.39 is 52.5 Å². The highest BCUT2D eigenvalue weighted by atomic mass is 19.4. The van der Waals surface area contributed by atoms with Crippen LogP contribution in [-0.2, 0) is 25.2 Å². The van der Waals surface area contributed by atoms with E-state index in [1.165, 1.54) is 11.0 Å². The number of ether oxygens (including phenoxy) is 2. The van der Waals surface area contributed by atoms with E-state index in [-0.39, 0.29) is 24.1 Å². The third-order valence-corrected chi connectivity index (χ3v) is 7.32. The molecule has 164 valence electrons. The SMILES string of the molecule is CNC(=O)[C@H]1C[C@@]2(C)O[C@@]13CCO[C@H]1[C@@H]3[C@@H]2C(=O)N1c1ccc(C#N)c(C(F)(F)F)c1. The maximum atomic E-state index is 13.5. The maximum Gasteiger partial charge on any atom is 0.417 e. The number of benzene rings is 1. The van der Waals surface area contributed by atoms with Crippen molar-refractivity contribution in [1.82, 2.24) is 5.32 Å². The summed E-state index contributed by atoms with van der Waals surface area (Å²) >= 11 is 0. The van der Waals surface area contributed by atoms with Crippen LogP contribution in [0.2, 0.25) is 0 Å². The highest BCUT2D eigenvalue weighted by Crippen LogP contribution is 2.67. The molecule has 1 aromatic rings. The number of fused-ring (bicyclic) bond motifs is 2. The van der Waals surface area contributed by atoms with Gasteiger partial charge in [0.25, 0.3) is 0 Å². The van der Waals surface area contributed by atoms with E-state index in [1.54, 1.807) is 20.0 Å². The van der Waals surface area contributed by atoms with Gasteiger partial charge in [0, 0.05) is 25.1 Å². The second kappa shape index (κ2) is 6.20. The summed E-state index contributed by atoms with van der Waals surface area (Å²) in [6, 6.07) is 4.77. The van der Waals surface area contributed by atoms with Crippen molar-refractivity contribution in [2.24, 2.45) is 17.8 Å². The second-order valence-electron chi connectivity index (χ2n) is 8.80. The molecule has 4 aliphatic heterocycles. The van der Waals surface area contributed by atoms with Gasteiger partial charge in [-0.25, -0.2) is 0 Å². The first-order valence-corrected chi connectivity index (χ1v) is 10.1. The molecule has 5 rings (SSSR count). The number of amides is 2. The minimum atomic E-state index is -4.74. The molecular formula is C21H20F3N3O4. The summed E-state index contributed by atoms with van der Waals surface area (Å²) in [6.07, 6.45) is -4.79. The van der Waals surface area contributed by atoms with Gasteiger partial charge in [0.2, 0.25) is 11.8 Å². The first-order chi connectivity index (χ1) is 14.6. The van der Waals surface area contributed by atoms with E-state index in [0.717, 1.165) is 12.1 Å². The van der Waals surface area contributed by atoms with E-state index >= 15 is 0 Å². The number of carbonyl (C=O) groups is 2. The number of rotatable bonds is 2. The number of nitrogens with one attached hydrogen (secondary N) is 1. The molecule has 4 saturated heterocycles. The molecule has 2 amide bonds. The molecule has 1 spiro atoms. The summed E-state index contributed by atoms with van der Waals surface area (Å²) in [5.74, 6) is -2.11. The number of halogens is 3. The van der Waals surface area contributed by atoms with E-state index in [2.05, 4.69) is 5.32 Å². The Morgan fingerprint density at radius 3 is 2.77 bits per heavy atom. The third-order valence-electron chi connectivity index (χ3n) is 7.32. The van der Waals surface area contributed by atoms with Crippen LogP contribution in [0.4, 0.5) is 18.9 Å². The van der Waals surface area contributed by atoms with Crippen molar-refractivity contribution in [2.75, 3.05) is 18.6 Å². The van der Waals surface area contributed by atoms with Gasteiger partial charge in [-0.1, -0.05) is 0 Å². The van der Waals surface area contributed by atoms with Gasteiger partial charge in [0.05, 0.1) is 46.8 Å². The summed E-state index contributed by atoms with van der Waals surface area (Å²) in [4.78, 5) is 27.4. The van der Waals surface area contributed by atoms with Crippen molar-refractivity contribution in [1.29, 1.82) is 5.26 Å². The largest absolute Gasteiger partial charge is 0.417 e. The molecular weight excluding hydrogens is 415 g/mol. The van der Waals surface area contributed by atoms with Crippen LogP contribution in [0.15, 0.2) is 18.2 Å². The molecule has 1 aromatic carbocycles. The van der Waals surface area contributed by atoms with Crippen LogP contribution in [0.1, 0.15) is 30.9 Å². The lowest BCUT2D eigenvalue weighted by Crippen LogP contribution is -2.57. The number of alkyl halides is 3. The first-order valence-electron chi connectivity index (χ1n) is 10.1. The van der Waals surface area contributed by atoms with Crippen LogP contribution in [0.25, 0.3) is 0 Å². The zero-order valence-electron chi connectivity index (χ0n) is 16.8. The minimum absolute atomic E-state index is 0.0206. The van der Waals surface area contributed by atoms with Crippen LogP contribution in [-0.4, -0.2) is 42.9 Å². The van der Waals surface area contributed by atoms with Crippen molar-refractivity contribution in [3.05, 3.63) is 29.3 Å². The summed E-state index contributed by atoms with van der Waals surface area (Å²) in [6.45, 7) is 2.00. The molecule has 0 radical (unpaired) electrons. The molecule has 7 nitrogen and oxygen atoms in total. The fraction of sp³-hybridized carbons (Fsp3) is 0.571. The molecule has 4 heterocycles. The molecule has 10 heteroatoms. The van der Waals surface area contributed by atoms with Crippen LogP contribution in [0, 0.1) is 29.1 Å². The number of hydrogen-bond acceptors (Lipinski definition) is 5. The summed E-state index contributed by atoms with van der Waals surface area (Å²) in [5.41, 5.74) is -3.39. The fourth-order valence-electron chi connectivity index (χ4n) is 6.22. The van der Waals surface area contributed by atoms with Gasteiger partial charge in [-0.2, -0.15) is 18.4 Å². The monoisotopic (exact) mass is 435 g/mol. The van der Waals surface area contributed by atoms with Crippen molar-refractivity contribution < 1.29 is 32.2 Å². The average molecular weight is 435 g/mol. The summed E-state index contributed by atoms with van der Waals surface area (Å²) in [7, 11) is 1.54. The Hall–Kier alpha value is -2.64. The highest BCUT2D eigenvalue weighted by Gasteiger charge is 2.79. The van der Waals surface area contributed by atoms with Gasteiger partial charge >= 0.3 is 6.18 Å². The quantitative estimate of drug-likeness (QED) is 0.769. The van der Waals surface area contributed by atoms with Gasteiger partial charge in [0.1, 0.15) is 6.23 Å². The van der Waals surface area contributed by atoms with Crippen LogP contribution < -0.4 is 10.2 Å². The predicted octanol–water partition coefficient (Wildman–Crippen LogP) is 2.20. The van der Waals surface area contributed by atoms with Crippen molar-refractivity contribution in [2.45, 2.75) is 43.4 Å².